The maximum atomic E-state index is 13.1. The summed E-state index contributed by atoms with van der Waals surface area (Å²) in [6, 6.07) is 19.8. The molecule has 1 N–H and O–H groups in total. The molecule has 1 aliphatic rings. The maximum absolute atomic E-state index is 13.1. The van der Waals surface area contributed by atoms with Crippen molar-refractivity contribution in [2.45, 2.75) is 37.1 Å². The Labute approximate surface area is 211 Å². The third-order valence-corrected chi connectivity index (χ3v) is 8.03. The third kappa shape index (κ3) is 5.97. The Morgan fingerprint density at radius 2 is 1.80 bits per heavy atom. The van der Waals surface area contributed by atoms with Crippen molar-refractivity contribution < 1.29 is 17.9 Å². The molecule has 0 saturated carbocycles. The maximum Gasteiger partial charge on any atom is 0.243 e. The van der Waals surface area contributed by atoms with Gasteiger partial charge in [-0.3, -0.25) is 4.79 Å². The summed E-state index contributed by atoms with van der Waals surface area (Å²) < 4.78 is 30.7. The van der Waals surface area contributed by atoms with E-state index in [4.69, 9.17) is 16.3 Å². The van der Waals surface area contributed by atoms with Crippen molar-refractivity contribution in [3.05, 3.63) is 88.4 Å². The van der Waals surface area contributed by atoms with Gasteiger partial charge in [-0.15, -0.1) is 0 Å². The predicted octanol–water partition coefficient (Wildman–Crippen LogP) is 4.76. The van der Waals surface area contributed by atoms with Crippen LogP contribution in [0.3, 0.4) is 0 Å². The number of nitrogens with zero attached hydrogens (tertiary/aromatic N) is 1. The van der Waals surface area contributed by atoms with Gasteiger partial charge in [-0.25, -0.2) is 8.42 Å². The molecule has 1 saturated heterocycles. The molecule has 8 heteroatoms. The first-order chi connectivity index (χ1) is 16.8. The average molecular weight is 513 g/mol. The first-order valence-electron chi connectivity index (χ1n) is 11.5. The molecule has 1 heterocycles. The smallest absolute Gasteiger partial charge is 0.243 e. The molecular formula is C27H29ClN2O4S. The number of methoxy groups -OCH3 is 1. The van der Waals surface area contributed by atoms with Crippen molar-refractivity contribution in [1.82, 2.24) is 5.32 Å². The highest BCUT2D eigenvalue weighted by molar-refractivity contribution is 7.91. The van der Waals surface area contributed by atoms with Gasteiger partial charge < -0.3 is 15.0 Å². The number of carbonyl (C=O) groups is 1. The van der Waals surface area contributed by atoms with E-state index in [1.54, 1.807) is 31.4 Å². The van der Waals surface area contributed by atoms with E-state index in [-0.39, 0.29) is 10.8 Å². The molecule has 0 bridgehead atoms. The SMILES string of the molecule is COc1ccc(Cc2ccc(Cl)cc2N2CCCC2C(=O)NCS(=O)(=O)c2ccc(C)cc2)cc1. The molecule has 3 aromatic carbocycles. The van der Waals surface area contributed by atoms with Crippen molar-refractivity contribution in [3.8, 4) is 5.75 Å². The lowest BCUT2D eigenvalue weighted by atomic mass is 10.0. The topological polar surface area (TPSA) is 75.7 Å². The van der Waals surface area contributed by atoms with Crippen LogP contribution in [0.4, 0.5) is 5.69 Å². The molecular weight excluding hydrogens is 484 g/mol. The van der Waals surface area contributed by atoms with Crippen LogP contribution in [0.1, 0.15) is 29.5 Å². The number of nitrogens with one attached hydrogen (secondary N) is 1. The number of hydrogen-bond donors (Lipinski definition) is 1. The summed E-state index contributed by atoms with van der Waals surface area (Å²) in [5.41, 5.74) is 4.03. The van der Waals surface area contributed by atoms with E-state index < -0.39 is 21.8 Å². The van der Waals surface area contributed by atoms with Gasteiger partial charge in [-0.2, -0.15) is 0 Å². The van der Waals surface area contributed by atoms with Gasteiger partial charge in [-0.1, -0.05) is 47.5 Å². The fourth-order valence-electron chi connectivity index (χ4n) is 4.36. The molecule has 6 nitrogen and oxygen atoms in total. The van der Waals surface area contributed by atoms with Crippen LogP contribution < -0.4 is 15.0 Å². The van der Waals surface area contributed by atoms with E-state index in [9.17, 15) is 13.2 Å². The van der Waals surface area contributed by atoms with Crippen molar-refractivity contribution in [2.75, 3.05) is 24.4 Å². The second-order valence-corrected chi connectivity index (χ2v) is 11.2. The Morgan fingerprint density at radius 3 is 2.49 bits per heavy atom. The fraction of sp³-hybridized carbons (Fsp3) is 0.296. The van der Waals surface area contributed by atoms with E-state index in [1.807, 2.05) is 54.3 Å². The average Bonchev–Trinajstić information content (AvgIpc) is 3.34. The Balaban J connectivity index is 1.51. The van der Waals surface area contributed by atoms with E-state index in [1.165, 1.54) is 0 Å². The number of benzene rings is 3. The van der Waals surface area contributed by atoms with Gasteiger partial charge in [-0.05, 0) is 73.7 Å². The predicted molar refractivity (Wildman–Crippen MR) is 139 cm³/mol. The monoisotopic (exact) mass is 512 g/mol. The van der Waals surface area contributed by atoms with Gasteiger partial charge in [0.05, 0.1) is 12.0 Å². The van der Waals surface area contributed by atoms with Crippen LogP contribution in [0.5, 0.6) is 5.75 Å². The molecule has 0 aromatic heterocycles. The number of ether oxygens (including phenoxy) is 1. The molecule has 184 valence electrons. The standard InChI is InChI=1S/C27H29ClN2O4S/c1-19-5-13-24(14-6-19)35(32,33)18-29-27(31)25-4-3-15-30(25)26-17-22(28)10-9-21(26)16-20-7-11-23(34-2)12-8-20/h5-14,17,25H,3-4,15-16,18H2,1-2H3,(H,29,31). The van der Waals surface area contributed by atoms with Gasteiger partial charge in [0.2, 0.25) is 5.91 Å². The van der Waals surface area contributed by atoms with Crippen molar-refractivity contribution in [3.63, 3.8) is 0 Å². The second-order valence-electron chi connectivity index (χ2n) is 8.76. The van der Waals surface area contributed by atoms with Crippen LogP contribution in [-0.2, 0) is 21.1 Å². The summed E-state index contributed by atoms with van der Waals surface area (Å²) in [6.07, 6.45) is 2.14. The first-order valence-corrected chi connectivity index (χ1v) is 13.5. The van der Waals surface area contributed by atoms with E-state index >= 15 is 0 Å². The zero-order valence-electron chi connectivity index (χ0n) is 19.8. The van der Waals surface area contributed by atoms with Gasteiger partial charge >= 0.3 is 0 Å². The van der Waals surface area contributed by atoms with Crippen molar-refractivity contribution in [2.24, 2.45) is 0 Å². The Morgan fingerprint density at radius 1 is 1.09 bits per heavy atom. The van der Waals surface area contributed by atoms with Crippen LogP contribution in [0, 0.1) is 6.92 Å². The first kappa shape index (κ1) is 25.1. The molecule has 1 amide bonds. The second kappa shape index (κ2) is 10.7. The number of rotatable bonds is 8. The van der Waals surface area contributed by atoms with Crippen molar-refractivity contribution in [1.29, 1.82) is 0 Å². The van der Waals surface area contributed by atoms with E-state index in [0.29, 0.717) is 24.4 Å². The number of amides is 1. The normalized spacial score (nSPS) is 15.7. The summed E-state index contributed by atoms with van der Waals surface area (Å²) in [4.78, 5) is 15.4. The Bertz CT molecular complexity index is 1290. The van der Waals surface area contributed by atoms with Crippen LogP contribution >= 0.6 is 11.6 Å². The minimum atomic E-state index is -3.63. The number of hydrogen-bond acceptors (Lipinski definition) is 5. The molecule has 3 aromatic rings. The summed E-state index contributed by atoms with van der Waals surface area (Å²) >= 11 is 6.34. The lowest BCUT2D eigenvalue weighted by Gasteiger charge is -2.28. The lowest BCUT2D eigenvalue weighted by molar-refractivity contribution is -0.121. The molecule has 0 aliphatic carbocycles. The summed E-state index contributed by atoms with van der Waals surface area (Å²) in [7, 11) is -1.99. The molecule has 0 spiro atoms. The minimum Gasteiger partial charge on any atom is -0.497 e. The molecule has 1 atom stereocenters. The number of carbonyl (C=O) groups excluding carboxylic acids is 1. The molecule has 0 radical (unpaired) electrons. The van der Waals surface area contributed by atoms with Gasteiger partial charge in [0.1, 0.15) is 17.7 Å². The number of anilines is 1. The number of sulfone groups is 1. The third-order valence-electron chi connectivity index (χ3n) is 6.28. The Kier molecular flexibility index (Phi) is 7.67. The van der Waals surface area contributed by atoms with E-state index in [2.05, 4.69) is 5.32 Å². The van der Waals surface area contributed by atoms with Crippen LogP contribution in [0.2, 0.25) is 5.02 Å². The highest BCUT2D eigenvalue weighted by Crippen LogP contribution is 2.33. The van der Waals surface area contributed by atoms with E-state index in [0.717, 1.165) is 34.5 Å². The van der Waals surface area contributed by atoms with Crippen LogP contribution in [-0.4, -0.2) is 39.9 Å². The van der Waals surface area contributed by atoms with Gasteiger partial charge in [0.25, 0.3) is 0 Å². The van der Waals surface area contributed by atoms with Crippen LogP contribution in [0.15, 0.2) is 71.6 Å². The zero-order valence-corrected chi connectivity index (χ0v) is 21.4. The molecule has 1 aliphatic heterocycles. The zero-order chi connectivity index (χ0) is 25.0. The highest BCUT2D eigenvalue weighted by atomic mass is 35.5. The summed E-state index contributed by atoms with van der Waals surface area (Å²) in [6.45, 7) is 2.59. The molecule has 1 unspecified atom stereocenters. The minimum absolute atomic E-state index is 0.197. The number of aryl methyl sites for hydroxylation is 1. The molecule has 1 fully saturated rings. The van der Waals surface area contributed by atoms with Crippen LogP contribution in [0.25, 0.3) is 0 Å². The molecule has 35 heavy (non-hydrogen) atoms. The van der Waals surface area contributed by atoms with Gasteiger partial charge in [0.15, 0.2) is 9.84 Å². The fourth-order valence-corrected chi connectivity index (χ4v) is 5.57. The lowest BCUT2D eigenvalue weighted by Crippen LogP contribution is -2.45. The Hall–Kier alpha value is -3.03. The quantitative estimate of drug-likeness (QED) is 0.471. The summed E-state index contributed by atoms with van der Waals surface area (Å²) in [5.74, 6) is 0.0588. The highest BCUT2D eigenvalue weighted by Gasteiger charge is 2.33. The van der Waals surface area contributed by atoms with Gasteiger partial charge in [0, 0.05) is 17.3 Å². The van der Waals surface area contributed by atoms with Crippen molar-refractivity contribution >= 4 is 33.0 Å². The number of halogens is 1. The summed E-state index contributed by atoms with van der Waals surface area (Å²) in [5, 5.41) is 3.25. The largest absolute Gasteiger partial charge is 0.497 e. The molecule has 4 rings (SSSR count).